The van der Waals surface area contributed by atoms with E-state index in [1.807, 2.05) is 0 Å². The molecule has 7 heteroatoms. The van der Waals surface area contributed by atoms with Gasteiger partial charge in [-0.15, -0.1) is 0 Å². The lowest BCUT2D eigenvalue weighted by atomic mass is 10.2. The van der Waals surface area contributed by atoms with Crippen LogP contribution in [0.3, 0.4) is 0 Å². The van der Waals surface area contributed by atoms with Crippen LogP contribution >= 0.6 is 11.6 Å². The molecule has 0 aliphatic carbocycles. The van der Waals surface area contributed by atoms with Crippen LogP contribution in [0.15, 0.2) is 48.5 Å². The molecule has 0 aromatic heterocycles. The molecule has 2 aromatic carbocycles. The van der Waals surface area contributed by atoms with Crippen molar-refractivity contribution in [2.75, 3.05) is 24.2 Å². The second kappa shape index (κ2) is 8.60. The fourth-order valence-corrected chi connectivity index (χ4v) is 2.30. The summed E-state index contributed by atoms with van der Waals surface area (Å²) in [6.45, 7) is 1.71. The van der Waals surface area contributed by atoms with Crippen molar-refractivity contribution in [1.82, 2.24) is 4.90 Å². The summed E-state index contributed by atoms with van der Waals surface area (Å²) in [5.41, 5.74) is 1.09. The van der Waals surface area contributed by atoms with Gasteiger partial charge in [-0.2, -0.15) is 0 Å². The van der Waals surface area contributed by atoms with Gasteiger partial charge in [0.25, 0.3) is 0 Å². The molecule has 0 saturated carbocycles. The summed E-state index contributed by atoms with van der Waals surface area (Å²) in [7, 11) is 1.67. The molecule has 0 heterocycles. The van der Waals surface area contributed by atoms with E-state index in [-0.39, 0.29) is 24.2 Å². The Labute approximate surface area is 150 Å². The minimum absolute atomic E-state index is 0.0154. The van der Waals surface area contributed by atoms with Crippen LogP contribution in [-0.4, -0.2) is 36.3 Å². The SMILES string of the molecule is C[C@H](C(=O)Nc1cccc(Cl)c1)N(C)CC(=O)Nc1ccc(F)cc1. The van der Waals surface area contributed by atoms with Crippen molar-refractivity contribution in [1.29, 1.82) is 0 Å². The van der Waals surface area contributed by atoms with Gasteiger partial charge in [-0.3, -0.25) is 14.5 Å². The zero-order valence-electron chi connectivity index (χ0n) is 13.9. The van der Waals surface area contributed by atoms with Gasteiger partial charge in [0.2, 0.25) is 11.8 Å². The highest BCUT2D eigenvalue weighted by atomic mass is 35.5. The lowest BCUT2D eigenvalue weighted by molar-refractivity contribution is -0.122. The second-order valence-corrected chi connectivity index (χ2v) is 6.08. The molecule has 2 amide bonds. The van der Waals surface area contributed by atoms with Gasteiger partial charge in [0, 0.05) is 16.4 Å². The Morgan fingerprint density at radius 3 is 2.44 bits per heavy atom. The molecule has 0 fully saturated rings. The van der Waals surface area contributed by atoms with Crippen molar-refractivity contribution in [3.05, 3.63) is 59.4 Å². The molecular weight excluding hydrogens is 345 g/mol. The van der Waals surface area contributed by atoms with E-state index >= 15 is 0 Å². The number of hydrogen-bond donors (Lipinski definition) is 2. The van der Waals surface area contributed by atoms with E-state index in [4.69, 9.17) is 11.6 Å². The Balaban J connectivity index is 1.88. The number of benzene rings is 2. The molecule has 5 nitrogen and oxygen atoms in total. The van der Waals surface area contributed by atoms with Crippen LogP contribution in [0.5, 0.6) is 0 Å². The number of nitrogens with one attached hydrogen (secondary N) is 2. The van der Waals surface area contributed by atoms with Gasteiger partial charge in [0.15, 0.2) is 0 Å². The van der Waals surface area contributed by atoms with E-state index in [0.29, 0.717) is 16.4 Å². The second-order valence-electron chi connectivity index (χ2n) is 5.65. The fraction of sp³-hybridized carbons (Fsp3) is 0.222. The Hall–Kier alpha value is -2.44. The van der Waals surface area contributed by atoms with Crippen molar-refractivity contribution in [2.24, 2.45) is 0 Å². The minimum Gasteiger partial charge on any atom is -0.325 e. The Morgan fingerprint density at radius 2 is 1.80 bits per heavy atom. The quantitative estimate of drug-likeness (QED) is 0.827. The lowest BCUT2D eigenvalue weighted by Gasteiger charge is -2.23. The third kappa shape index (κ3) is 5.85. The summed E-state index contributed by atoms with van der Waals surface area (Å²) in [6, 6.07) is 11.8. The van der Waals surface area contributed by atoms with Gasteiger partial charge < -0.3 is 10.6 Å². The average molecular weight is 364 g/mol. The molecule has 0 aliphatic rings. The van der Waals surface area contributed by atoms with Crippen molar-refractivity contribution in [3.8, 4) is 0 Å². The van der Waals surface area contributed by atoms with E-state index in [0.717, 1.165) is 0 Å². The Kier molecular flexibility index (Phi) is 6.50. The maximum atomic E-state index is 12.9. The molecule has 0 saturated heterocycles. The molecule has 0 spiro atoms. The van der Waals surface area contributed by atoms with E-state index in [9.17, 15) is 14.0 Å². The van der Waals surface area contributed by atoms with Gasteiger partial charge >= 0.3 is 0 Å². The molecular formula is C18H19ClFN3O2. The Bertz CT molecular complexity index is 752. The summed E-state index contributed by atoms with van der Waals surface area (Å²) in [6.07, 6.45) is 0. The highest BCUT2D eigenvalue weighted by Crippen LogP contribution is 2.15. The predicted molar refractivity (Wildman–Crippen MR) is 97.2 cm³/mol. The maximum Gasteiger partial charge on any atom is 0.241 e. The van der Waals surface area contributed by atoms with Crippen molar-refractivity contribution in [2.45, 2.75) is 13.0 Å². The number of carbonyl (C=O) groups excluding carboxylic acids is 2. The predicted octanol–water partition coefficient (Wildman–Crippen LogP) is 3.38. The minimum atomic E-state index is -0.530. The normalized spacial score (nSPS) is 11.9. The van der Waals surface area contributed by atoms with Gasteiger partial charge in [-0.1, -0.05) is 17.7 Å². The monoisotopic (exact) mass is 363 g/mol. The van der Waals surface area contributed by atoms with E-state index < -0.39 is 6.04 Å². The van der Waals surface area contributed by atoms with Crippen molar-refractivity contribution < 1.29 is 14.0 Å². The number of nitrogens with zero attached hydrogens (tertiary/aromatic N) is 1. The van der Waals surface area contributed by atoms with Crippen LogP contribution < -0.4 is 10.6 Å². The first-order chi connectivity index (χ1) is 11.8. The molecule has 0 bridgehead atoms. The van der Waals surface area contributed by atoms with Crippen LogP contribution in [0.1, 0.15) is 6.92 Å². The van der Waals surface area contributed by atoms with Crippen LogP contribution in [0.2, 0.25) is 5.02 Å². The summed E-state index contributed by atoms with van der Waals surface area (Å²) >= 11 is 5.89. The first-order valence-corrected chi connectivity index (χ1v) is 8.05. The van der Waals surface area contributed by atoms with Crippen LogP contribution in [-0.2, 0) is 9.59 Å². The topological polar surface area (TPSA) is 61.4 Å². The zero-order chi connectivity index (χ0) is 18.4. The first kappa shape index (κ1) is 18.9. The Morgan fingerprint density at radius 1 is 1.12 bits per heavy atom. The summed E-state index contributed by atoms with van der Waals surface area (Å²) < 4.78 is 12.9. The number of halogens is 2. The summed E-state index contributed by atoms with van der Waals surface area (Å²) in [5, 5.41) is 5.93. The highest BCUT2D eigenvalue weighted by Gasteiger charge is 2.20. The first-order valence-electron chi connectivity index (χ1n) is 7.67. The molecule has 132 valence electrons. The average Bonchev–Trinajstić information content (AvgIpc) is 2.56. The van der Waals surface area contributed by atoms with E-state index in [1.165, 1.54) is 24.3 Å². The maximum absolute atomic E-state index is 12.9. The molecule has 2 N–H and O–H groups in total. The zero-order valence-corrected chi connectivity index (χ0v) is 14.7. The summed E-state index contributed by atoms with van der Waals surface area (Å²) in [5.74, 6) is -0.919. The number of hydrogen-bond acceptors (Lipinski definition) is 3. The number of likely N-dealkylation sites (N-methyl/N-ethyl adjacent to an activating group) is 1. The highest BCUT2D eigenvalue weighted by molar-refractivity contribution is 6.30. The molecule has 1 atom stereocenters. The van der Waals surface area contributed by atoms with Crippen molar-refractivity contribution in [3.63, 3.8) is 0 Å². The summed E-state index contributed by atoms with van der Waals surface area (Å²) in [4.78, 5) is 25.9. The van der Waals surface area contributed by atoms with E-state index in [2.05, 4.69) is 10.6 Å². The van der Waals surface area contributed by atoms with Crippen LogP contribution in [0.25, 0.3) is 0 Å². The number of anilines is 2. The molecule has 25 heavy (non-hydrogen) atoms. The van der Waals surface area contributed by atoms with Gasteiger partial charge in [0.05, 0.1) is 12.6 Å². The van der Waals surface area contributed by atoms with Gasteiger partial charge in [-0.25, -0.2) is 4.39 Å². The largest absolute Gasteiger partial charge is 0.325 e. The molecule has 2 aromatic rings. The van der Waals surface area contributed by atoms with Crippen LogP contribution in [0, 0.1) is 5.82 Å². The van der Waals surface area contributed by atoms with Crippen molar-refractivity contribution >= 4 is 34.8 Å². The molecule has 0 aliphatic heterocycles. The smallest absolute Gasteiger partial charge is 0.241 e. The third-order valence-electron chi connectivity index (χ3n) is 3.65. The van der Waals surface area contributed by atoms with E-state index in [1.54, 1.807) is 43.1 Å². The fourth-order valence-electron chi connectivity index (χ4n) is 2.11. The number of carbonyl (C=O) groups is 2. The lowest BCUT2D eigenvalue weighted by Crippen LogP contribution is -2.43. The molecule has 0 unspecified atom stereocenters. The number of rotatable bonds is 6. The molecule has 2 rings (SSSR count). The van der Waals surface area contributed by atoms with Gasteiger partial charge in [-0.05, 0) is 56.4 Å². The number of amides is 2. The molecule has 0 radical (unpaired) electrons. The standard InChI is InChI=1S/C18H19ClFN3O2/c1-12(18(25)22-16-5-3-4-13(19)10-16)23(2)11-17(24)21-15-8-6-14(20)7-9-15/h3-10,12H,11H2,1-2H3,(H,21,24)(H,22,25)/t12-/m1/s1. The van der Waals surface area contributed by atoms with Gasteiger partial charge in [0.1, 0.15) is 5.82 Å². The van der Waals surface area contributed by atoms with Crippen LogP contribution in [0.4, 0.5) is 15.8 Å². The third-order valence-corrected chi connectivity index (χ3v) is 3.89.